The van der Waals surface area contributed by atoms with Gasteiger partial charge >= 0.3 is 0 Å². The largest absolute Gasteiger partial charge is 0.494 e. The zero-order chi connectivity index (χ0) is 16.8. The molecule has 2 rings (SSSR count). The van der Waals surface area contributed by atoms with E-state index < -0.39 is 0 Å². The van der Waals surface area contributed by atoms with Crippen LogP contribution < -0.4 is 10.1 Å². The Labute approximate surface area is 142 Å². The molecule has 0 aromatic heterocycles. The van der Waals surface area contributed by atoms with E-state index in [0.717, 1.165) is 22.6 Å². The van der Waals surface area contributed by atoms with E-state index in [9.17, 15) is 4.79 Å². The molecule has 122 valence electrons. The van der Waals surface area contributed by atoms with Gasteiger partial charge in [0.25, 0.3) is 0 Å². The molecule has 0 aliphatic heterocycles. The lowest BCUT2D eigenvalue weighted by Gasteiger charge is -2.13. The molecule has 0 heterocycles. The number of halogens is 1. The summed E-state index contributed by atoms with van der Waals surface area (Å²) in [7, 11) is 0. The smallest absolute Gasteiger partial charge is 0.224 e. The Morgan fingerprint density at radius 2 is 1.70 bits per heavy atom. The summed E-state index contributed by atoms with van der Waals surface area (Å²) in [6.45, 7) is 6.58. The van der Waals surface area contributed by atoms with Crippen LogP contribution in [0.2, 0.25) is 5.02 Å². The summed E-state index contributed by atoms with van der Waals surface area (Å²) in [4.78, 5) is 12.1. The van der Waals surface area contributed by atoms with Crippen LogP contribution in [0.5, 0.6) is 5.75 Å². The van der Waals surface area contributed by atoms with Crippen LogP contribution in [0.1, 0.15) is 29.5 Å². The first-order valence-electron chi connectivity index (χ1n) is 7.72. The maximum absolute atomic E-state index is 12.1. The summed E-state index contributed by atoms with van der Waals surface area (Å²) >= 11 is 5.82. The molecule has 1 N–H and O–H groups in total. The molecule has 2 aromatic carbocycles. The summed E-state index contributed by atoms with van der Waals surface area (Å²) in [5.74, 6) is 0.778. The van der Waals surface area contributed by atoms with Gasteiger partial charge in [-0.15, -0.1) is 0 Å². The SMILES string of the molecule is Cc1cc(C)c(NC(=O)CCCOc2ccc(Cl)cc2)c(C)c1. The highest BCUT2D eigenvalue weighted by atomic mass is 35.5. The van der Waals surface area contributed by atoms with E-state index in [1.165, 1.54) is 5.56 Å². The Hall–Kier alpha value is -2.00. The monoisotopic (exact) mass is 331 g/mol. The Morgan fingerprint density at radius 1 is 1.09 bits per heavy atom. The summed E-state index contributed by atoms with van der Waals surface area (Å²) in [6.07, 6.45) is 1.10. The summed E-state index contributed by atoms with van der Waals surface area (Å²) in [6, 6.07) is 11.4. The Morgan fingerprint density at radius 3 is 2.30 bits per heavy atom. The van der Waals surface area contributed by atoms with Gasteiger partial charge in [-0.25, -0.2) is 0 Å². The topological polar surface area (TPSA) is 38.3 Å². The number of aryl methyl sites for hydroxylation is 3. The van der Waals surface area contributed by atoms with E-state index in [1.54, 1.807) is 12.1 Å². The van der Waals surface area contributed by atoms with E-state index in [0.29, 0.717) is 24.5 Å². The minimum absolute atomic E-state index is 0.0137. The average molecular weight is 332 g/mol. The van der Waals surface area contributed by atoms with Crippen LogP contribution in [0.4, 0.5) is 5.69 Å². The maximum atomic E-state index is 12.1. The molecular formula is C19H22ClNO2. The third-order valence-corrected chi connectivity index (χ3v) is 3.82. The second-order valence-corrected chi connectivity index (χ2v) is 6.16. The van der Waals surface area contributed by atoms with Crippen molar-refractivity contribution >= 4 is 23.2 Å². The molecule has 0 spiro atoms. The molecule has 4 heteroatoms. The third-order valence-electron chi connectivity index (χ3n) is 3.57. The predicted octanol–water partition coefficient (Wildman–Crippen LogP) is 5.06. The minimum Gasteiger partial charge on any atom is -0.494 e. The van der Waals surface area contributed by atoms with Crippen molar-refractivity contribution < 1.29 is 9.53 Å². The fourth-order valence-electron chi connectivity index (χ4n) is 2.53. The second-order valence-electron chi connectivity index (χ2n) is 5.73. The van der Waals surface area contributed by atoms with Crippen LogP contribution in [-0.2, 0) is 4.79 Å². The van der Waals surface area contributed by atoms with Crippen molar-refractivity contribution in [2.45, 2.75) is 33.6 Å². The number of carbonyl (C=O) groups excluding carboxylic acids is 1. The van der Waals surface area contributed by atoms with Crippen LogP contribution >= 0.6 is 11.6 Å². The maximum Gasteiger partial charge on any atom is 0.224 e. The molecule has 1 amide bonds. The normalized spacial score (nSPS) is 10.4. The Balaban J connectivity index is 1.78. The van der Waals surface area contributed by atoms with Gasteiger partial charge in [-0.2, -0.15) is 0 Å². The Kier molecular flexibility index (Phi) is 6.05. The number of rotatable bonds is 6. The lowest BCUT2D eigenvalue weighted by Crippen LogP contribution is -2.14. The first kappa shape index (κ1) is 17.4. The molecule has 23 heavy (non-hydrogen) atoms. The van der Waals surface area contributed by atoms with E-state index in [-0.39, 0.29) is 5.91 Å². The van der Waals surface area contributed by atoms with Gasteiger partial charge < -0.3 is 10.1 Å². The molecule has 2 aromatic rings. The highest BCUT2D eigenvalue weighted by Crippen LogP contribution is 2.22. The minimum atomic E-state index is 0.0137. The highest BCUT2D eigenvalue weighted by Gasteiger charge is 2.08. The molecule has 0 bridgehead atoms. The Bertz CT molecular complexity index is 657. The van der Waals surface area contributed by atoms with Crippen molar-refractivity contribution in [2.24, 2.45) is 0 Å². The fourth-order valence-corrected chi connectivity index (χ4v) is 2.66. The van der Waals surface area contributed by atoms with Crippen LogP contribution in [0.15, 0.2) is 36.4 Å². The number of hydrogen-bond acceptors (Lipinski definition) is 2. The van der Waals surface area contributed by atoms with Crippen molar-refractivity contribution in [2.75, 3.05) is 11.9 Å². The lowest BCUT2D eigenvalue weighted by molar-refractivity contribution is -0.116. The zero-order valence-corrected chi connectivity index (χ0v) is 14.5. The highest BCUT2D eigenvalue weighted by molar-refractivity contribution is 6.30. The molecule has 0 saturated heterocycles. The number of hydrogen-bond donors (Lipinski definition) is 1. The van der Waals surface area contributed by atoms with Gasteiger partial charge in [0.1, 0.15) is 5.75 Å². The molecule has 3 nitrogen and oxygen atoms in total. The lowest BCUT2D eigenvalue weighted by atomic mass is 10.0. The molecule has 0 saturated carbocycles. The first-order chi connectivity index (χ1) is 11.0. The first-order valence-corrected chi connectivity index (χ1v) is 8.09. The van der Waals surface area contributed by atoms with Crippen LogP contribution in [0, 0.1) is 20.8 Å². The van der Waals surface area contributed by atoms with Crippen LogP contribution in [0.25, 0.3) is 0 Å². The molecule has 0 aliphatic rings. The molecule has 0 radical (unpaired) electrons. The number of carbonyl (C=O) groups is 1. The van der Waals surface area contributed by atoms with Gasteiger partial charge in [-0.3, -0.25) is 4.79 Å². The quantitative estimate of drug-likeness (QED) is 0.751. The van der Waals surface area contributed by atoms with Gasteiger partial charge in [0.15, 0.2) is 0 Å². The summed E-state index contributed by atoms with van der Waals surface area (Å²) < 4.78 is 5.59. The second kappa shape index (κ2) is 8.02. The summed E-state index contributed by atoms with van der Waals surface area (Å²) in [5, 5.41) is 3.68. The van der Waals surface area contributed by atoms with Crippen molar-refractivity contribution in [3.05, 3.63) is 58.1 Å². The van der Waals surface area contributed by atoms with Crippen molar-refractivity contribution in [1.29, 1.82) is 0 Å². The number of ether oxygens (including phenoxy) is 1. The van der Waals surface area contributed by atoms with Gasteiger partial charge in [0, 0.05) is 17.1 Å². The zero-order valence-electron chi connectivity index (χ0n) is 13.8. The number of benzene rings is 2. The van der Waals surface area contributed by atoms with E-state index in [2.05, 4.69) is 24.4 Å². The predicted molar refractivity (Wildman–Crippen MR) is 95.5 cm³/mol. The van der Waals surface area contributed by atoms with Gasteiger partial charge in [0.05, 0.1) is 6.61 Å². The molecule has 0 unspecified atom stereocenters. The van der Waals surface area contributed by atoms with Gasteiger partial charge in [-0.1, -0.05) is 29.3 Å². The van der Waals surface area contributed by atoms with Crippen LogP contribution in [-0.4, -0.2) is 12.5 Å². The van der Waals surface area contributed by atoms with Crippen LogP contribution in [0.3, 0.4) is 0 Å². The van der Waals surface area contributed by atoms with E-state index in [1.807, 2.05) is 26.0 Å². The average Bonchev–Trinajstić information content (AvgIpc) is 2.49. The number of nitrogens with one attached hydrogen (secondary N) is 1. The standard InChI is InChI=1S/C19H22ClNO2/c1-13-11-14(2)19(15(3)12-13)21-18(22)5-4-10-23-17-8-6-16(20)7-9-17/h6-9,11-12H,4-5,10H2,1-3H3,(H,21,22). The number of anilines is 1. The molecule has 0 aliphatic carbocycles. The van der Waals surface area contributed by atoms with Gasteiger partial charge in [-0.05, 0) is 62.6 Å². The van der Waals surface area contributed by atoms with Crippen molar-refractivity contribution in [1.82, 2.24) is 0 Å². The fraction of sp³-hybridized carbons (Fsp3) is 0.316. The van der Waals surface area contributed by atoms with Crippen molar-refractivity contribution in [3.8, 4) is 5.75 Å². The molecule has 0 fully saturated rings. The molecular weight excluding hydrogens is 310 g/mol. The summed E-state index contributed by atoms with van der Waals surface area (Å²) in [5.41, 5.74) is 4.30. The van der Waals surface area contributed by atoms with Crippen molar-refractivity contribution in [3.63, 3.8) is 0 Å². The van der Waals surface area contributed by atoms with E-state index in [4.69, 9.17) is 16.3 Å². The van der Waals surface area contributed by atoms with Gasteiger partial charge in [0.2, 0.25) is 5.91 Å². The number of amides is 1. The third kappa shape index (κ3) is 5.29. The van der Waals surface area contributed by atoms with E-state index >= 15 is 0 Å². The molecule has 0 atom stereocenters.